The van der Waals surface area contributed by atoms with Crippen molar-refractivity contribution in [3.63, 3.8) is 0 Å². The number of nitrogens with zero attached hydrogens (tertiary/aromatic N) is 5. The minimum Gasteiger partial charge on any atom is -0.494 e. The fourth-order valence-corrected chi connectivity index (χ4v) is 5.87. The van der Waals surface area contributed by atoms with E-state index in [1.807, 2.05) is 30.0 Å². The van der Waals surface area contributed by atoms with Crippen LogP contribution in [0.4, 0.5) is 16.5 Å². The van der Waals surface area contributed by atoms with E-state index in [2.05, 4.69) is 4.90 Å². The number of benzene rings is 2. The van der Waals surface area contributed by atoms with Crippen LogP contribution >= 0.6 is 11.3 Å². The lowest BCUT2D eigenvalue weighted by Gasteiger charge is -2.29. The summed E-state index contributed by atoms with van der Waals surface area (Å²) in [5, 5.41) is 12.6. The van der Waals surface area contributed by atoms with E-state index in [-0.39, 0.29) is 17.2 Å². The number of carbonyl (C=O) groups is 1. The molecule has 1 aromatic heterocycles. The number of thiazole rings is 1. The lowest BCUT2D eigenvalue weighted by atomic mass is 10.1. The highest BCUT2D eigenvalue weighted by molar-refractivity contribution is 7.22. The minimum atomic E-state index is -0.419. The zero-order chi connectivity index (χ0) is 27.2. The number of morpholine rings is 2. The molecule has 5 rings (SSSR count). The maximum Gasteiger partial charge on any atom is 0.293 e. The Bertz CT molecular complexity index is 1310. The predicted octanol–water partition coefficient (Wildman–Crippen LogP) is 3.81. The second-order valence-corrected chi connectivity index (χ2v) is 10.4. The number of rotatable bonds is 10. The number of nitro groups is 1. The molecule has 0 bridgehead atoms. The Morgan fingerprint density at radius 1 is 1.10 bits per heavy atom. The summed E-state index contributed by atoms with van der Waals surface area (Å²) >= 11 is 1.42. The van der Waals surface area contributed by atoms with Crippen molar-refractivity contribution in [2.75, 3.05) is 82.1 Å². The molecule has 11 nitrogen and oxygen atoms in total. The van der Waals surface area contributed by atoms with Gasteiger partial charge in [0.15, 0.2) is 5.13 Å². The van der Waals surface area contributed by atoms with Crippen LogP contribution in [0, 0.1) is 10.1 Å². The van der Waals surface area contributed by atoms with Crippen molar-refractivity contribution < 1.29 is 23.9 Å². The first-order chi connectivity index (χ1) is 19.0. The smallest absolute Gasteiger partial charge is 0.293 e. The van der Waals surface area contributed by atoms with Crippen molar-refractivity contribution in [1.82, 2.24) is 9.88 Å². The van der Waals surface area contributed by atoms with Gasteiger partial charge in [-0.25, -0.2) is 4.98 Å². The Kier molecular flexibility index (Phi) is 8.87. The molecule has 3 heterocycles. The Morgan fingerprint density at radius 2 is 1.85 bits per heavy atom. The molecule has 2 fully saturated rings. The average Bonchev–Trinajstić information content (AvgIpc) is 3.39. The van der Waals surface area contributed by atoms with Gasteiger partial charge in [0.25, 0.3) is 11.6 Å². The van der Waals surface area contributed by atoms with E-state index in [0.717, 1.165) is 42.0 Å². The number of amides is 1. The van der Waals surface area contributed by atoms with Crippen molar-refractivity contribution >= 4 is 44.0 Å². The highest BCUT2D eigenvalue weighted by atomic mass is 32.1. The molecule has 1 amide bonds. The summed E-state index contributed by atoms with van der Waals surface area (Å²) in [7, 11) is 0. The Morgan fingerprint density at radius 3 is 2.56 bits per heavy atom. The van der Waals surface area contributed by atoms with Crippen LogP contribution in [-0.4, -0.2) is 93.0 Å². The van der Waals surface area contributed by atoms with Crippen molar-refractivity contribution in [1.29, 1.82) is 0 Å². The van der Waals surface area contributed by atoms with Crippen LogP contribution in [0.2, 0.25) is 0 Å². The lowest BCUT2D eigenvalue weighted by molar-refractivity contribution is -0.384. The monoisotopic (exact) mass is 555 g/mol. The molecule has 2 aromatic carbocycles. The van der Waals surface area contributed by atoms with Gasteiger partial charge in [0.2, 0.25) is 0 Å². The van der Waals surface area contributed by atoms with Crippen LogP contribution in [-0.2, 0) is 9.47 Å². The van der Waals surface area contributed by atoms with Crippen molar-refractivity contribution in [2.24, 2.45) is 0 Å². The van der Waals surface area contributed by atoms with Gasteiger partial charge in [-0.05, 0) is 43.7 Å². The van der Waals surface area contributed by atoms with Gasteiger partial charge in [0.05, 0.1) is 48.2 Å². The normalized spacial score (nSPS) is 16.4. The van der Waals surface area contributed by atoms with E-state index in [1.165, 1.54) is 17.4 Å². The number of nitro benzene ring substituents is 1. The van der Waals surface area contributed by atoms with E-state index in [4.69, 9.17) is 19.2 Å². The predicted molar refractivity (Wildman–Crippen MR) is 150 cm³/mol. The van der Waals surface area contributed by atoms with Crippen molar-refractivity contribution in [3.8, 4) is 5.75 Å². The second kappa shape index (κ2) is 12.7. The number of fused-ring (bicyclic) bond motifs is 1. The fraction of sp³-hybridized carbons (Fsp3) is 0.481. The molecule has 0 radical (unpaired) electrons. The molecule has 3 aromatic rings. The minimum absolute atomic E-state index is 0.0818. The number of ether oxygens (including phenoxy) is 3. The van der Waals surface area contributed by atoms with Crippen molar-refractivity contribution in [3.05, 3.63) is 52.1 Å². The van der Waals surface area contributed by atoms with Crippen LogP contribution in [0.1, 0.15) is 23.7 Å². The van der Waals surface area contributed by atoms with Gasteiger partial charge in [0.1, 0.15) is 11.4 Å². The zero-order valence-corrected chi connectivity index (χ0v) is 22.9. The first-order valence-corrected chi connectivity index (χ1v) is 14.1. The second-order valence-electron chi connectivity index (χ2n) is 9.38. The first-order valence-electron chi connectivity index (χ1n) is 13.3. The molecule has 0 aliphatic carbocycles. The molecule has 0 unspecified atom stereocenters. The van der Waals surface area contributed by atoms with Crippen LogP contribution in [0.25, 0.3) is 10.2 Å². The highest BCUT2D eigenvalue weighted by Gasteiger charge is 2.27. The number of carbonyl (C=O) groups excluding carboxylic acids is 1. The topological polar surface area (TPSA) is 111 Å². The van der Waals surface area contributed by atoms with Gasteiger partial charge in [-0.15, -0.1) is 0 Å². The maximum atomic E-state index is 13.9. The van der Waals surface area contributed by atoms with Crippen LogP contribution in [0.5, 0.6) is 5.75 Å². The summed E-state index contributed by atoms with van der Waals surface area (Å²) in [6, 6.07) is 10.4. The summed E-state index contributed by atoms with van der Waals surface area (Å²) in [6.45, 7) is 9.06. The van der Waals surface area contributed by atoms with E-state index in [9.17, 15) is 14.9 Å². The third-order valence-electron chi connectivity index (χ3n) is 6.87. The number of aromatic nitrogens is 1. The molecule has 2 aliphatic rings. The molecule has 2 saturated heterocycles. The Labute approximate surface area is 231 Å². The molecule has 2 aliphatic heterocycles. The quantitative estimate of drug-likeness (QED) is 0.272. The molecular formula is C27H33N5O6S. The summed E-state index contributed by atoms with van der Waals surface area (Å²) < 4.78 is 17.4. The van der Waals surface area contributed by atoms with Gasteiger partial charge in [-0.3, -0.25) is 24.7 Å². The number of anilines is 2. The van der Waals surface area contributed by atoms with Gasteiger partial charge >= 0.3 is 0 Å². The third-order valence-corrected chi connectivity index (χ3v) is 7.91. The molecular weight excluding hydrogens is 522 g/mol. The van der Waals surface area contributed by atoms with E-state index in [1.54, 1.807) is 17.0 Å². The summed E-state index contributed by atoms with van der Waals surface area (Å²) in [4.78, 5) is 36.2. The highest BCUT2D eigenvalue weighted by Crippen LogP contribution is 2.34. The Balaban J connectivity index is 1.43. The van der Waals surface area contributed by atoms with Gasteiger partial charge in [0, 0.05) is 50.9 Å². The van der Waals surface area contributed by atoms with Gasteiger partial charge < -0.3 is 19.1 Å². The fourth-order valence-electron chi connectivity index (χ4n) is 4.86. The van der Waals surface area contributed by atoms with Gasteiger partial charge in [-0.2, -0.15) is 0 Å². The summed E-state index contributed by atoms with van der Waals surface area (Å²) in [5.74, 6) is 0.442. The third kappa shape index (κ3) is 6.47. The molecule has 12 heteroatoms. The zero-order valence-electron chi connectivity index (χ0n) is 22.0. The molecule has 39 heavy (non-hydrogen) atoms. The molecule has 0 saturated carbocycles. The number of hydrogen-bond acceptors (Lipinski definition) is 10. The molecule has 0 atom stereocenters. The largest absolute Gasteiger partial charge is 0.494 e. The lowest BCUT2D eigenvalue weighted by Crippen LogP contribution is -2.39. The van der Waals surface area contributed by atoms with Crippen LogP contribution in [0.3, 0.4) is 0 Å². The van der Waals surface area contributed by atoms with E-state index < -0.39 is 4.92 Å². The van der Waals surface area contributed by atoms with E-state index in [0.29, 0.717) is 63.5 Å². The first kappa shape index (κ1) is 27.3. The van der Waals surface area contributed by atoms with Crippen molar-refractivity contribution in [2.45, 2.75) is 13.3 Å². The summed E-state index contributed by atoms with van der Waals surface area (Å²) in [6.07, 6.45) is 0.736. The van der Waals surface area contributed by atoms with Crippen LogP contribution < -0.4 is 14.5 Å². The average molecular weight is 556 g/mol. The maximum absolute atomic E-state index is 13.9. The Hall–Kier alpha value is -3.32. The molecule has 0 N–H and O–H groups in total. The SMILES string of the molecule is CCOc1ccc2nc(N(CCCN3CCOCC3)C(=O)c3ccc(N4CCOCC4)c([N+](=O)[O-])c3)sc2c1. The van der Waals surface area contributed by atoms with Gasteiger partial charge in [-0.1, -0.05) is 11.3 Å². The standard InChI is InChI=1S/C27H33N5O6S/c1-2-38-21-5-6-22-25(19-21)39-27(28-22)31(9-3-8-29-10-14-36-15-11-29)26(33)20-4-7-23(24(18-20)32(34)35)30-12-16-37-17-13-30/h4-7,18-19H,2-3,8-17H2,1H3. The van der Waals surface area contributed by atoms with E-state index >= 15 is 0 Å². The molecule has 208 valence electrons. The number of hydrogen-bond donors (Lipinski definition) is 0. The molecule has 0 spiro atoms. The van der Waals surface area contributed by atoms with Crippen LogP contribution in [0.15, 0.2) is 36.4 Å². The summed E-state index contributed by atoms with van der Waals surface area (Å²) in [5.41, 5.74) is 1.46.